The highest BCUT2D eigenvalue weighted by molar-refractivity contribution is 8.00. The normalized spacial score (nSPS) is 20.0. The number of rotatable bonds is 5. The van der Waals surface area contributed by atoms with Gasteiger partial charge < -0.3 is 11.2 Å². The van der Waals surface area contributed by atoms with Gasteiger partial charge in [0.1, 0.15) is 0 Å². The monoisotopic (exact) mass is 415 g/mol. The number of nitrogens with zero attached hydrogens (tertiary/aromatic N) is 3. The number of carbonyl (C=O) groups excluding carboxylic acids is 1. The Labute approximate surface area is 160 Å². The first kappa shape index (κ1) is 19.0. The van der Waals surface area contributed by atoms with Crippen LogP contribution in [0, 0.1) is 0 Å². The molecule has 1 saturated heterocycles. The van der Waals surface area contributed by atoms with Crippen molar-refractivity contribution in [3.05, 3.63) is 29.3 Å². The van der Waals surface area contributed by atoms with Gasteiger partial charge in [-0.1, -0.05) is 35.5 Å². The molecule has 2 atom stereocenters. The van der Waals surface area contributed by atoms with Crippen molar-refractivity contribution in [1.29, 1.82) is 0 Å². The van der Waals surface area contributed by atoms with Crippen LogP contribution in [-0.4, -0.2) is 52.0 Å². The summed E-state index contributed by atoms with van der Waals surface area (Å²) >= 11 is 7.30. The Morgan fingerprint density at radius 2 is 2.15 bits per heavy atom. The third-order valence-electron chi connectivity index (χ3n) is 4.01. The number of halogens is 1. The van der Waals surface area contributed by atoms with E-state index in [1.54, 1.807) is 25.1 Å². The Balaban J connectivity index is 1.67. The molecule has 0 unspecified atom stereocenters. The van der Waals surface area contributed by atoms with Gasteiger partial charge in [-0.2, -0.15) is 0 Å². The average Bonchev–Trinajstić information content (AvgIpc) is 3.10. The number of nitrogen functional groups attached to an aromatic ring is 1. The highest BCUT2D eigenvalue weighted by Gasteiger charge is 2.30. The Hall–Kier alpha value is -1.78. The molecule has 1 aromatic carbocycles. The highest BCUT2D eigenvalue weighted by atomic mass is 35.5. The van der Waals surface area contributed by atoms with Crippen molar-refractivity contribution in [3.8, 4) is 11.4 Å². The summed E-state index contributed by atoms with van der Waals surface area (Å²) in [5.74, 6) is 6.28. The predicted octanol–water partition coefficient (Wildman–Crippen LogP) is 1.10. The first-order chi connectivity index (χ1) is 12.3. The van der Waals surface area contributed by atoms with Crippen molar-refractivity contribution in [2.45, 2.75) is 29.8 Å². The van der Waals surface area contributed by atoms with E-state index in [1.165, 1.54) is 4.68 Å². The van der Waals surface area contributed by atoms with E-state index in [1.807, 2.05) is 6.07 Å². The summed E-state index contributed by atoms with van der Waals surface area (Å²) in [5, 5.41) is 11.2. The van der Waals surface area contributed by atoms with Gasteiger partial charge >= 0.3 is 0 Å². The molecule has 1 aromatic heterocycles. The highest BCUT2D eigenvalue weighted by Crippen LogP contribution is 2.29. The topological polar surface area (TPSA) is 120 Å². The van der Waals surface area contributed by atoms with Crippen LogP contribution in [0.5, 0.6) is 0 Å². The number of aromatic nitrogens is 3. The standard InChI is InChI=1S/C15H18ClN5O3S2/c1-9(14(22)18-10-6-7-26(23,24)8-10)25-15-20-19-13(21(15)17)11-4-2-3-5-12(11)16/h2-5,9-10H,6-8,17H2,1H3,(H,18,22)/t9-,10-/m1/s1. The maximum atomic E-state index is 12.3. The fourth-order valence-corrected chi connectivity index (χ4v) is 5.30. The molecule has 2 heterocycles. The Morgan fingerprint density at radius 1 is 1.42 bits per heavy atom. The van der Waals surface area contributed by atoms with Crippen molar-refractivity contribution in [2.24, 2.45) is 0 Å². The predicted molar refractivity (Wildman–Crippen MR) is 101 cm³/mol. The van der Waals surface area contributed by atoms with Gasteiger partial charge in [-0.3, -0.25) is 4.79 Å². The molecule has 0 aliphatic carbocycles. The summed E-state index contributed by atoms with van der Waals surface area (Å²) in [4.78, 5) is 12.3. The lowest BCUT2D eigenvalue weighted by molar-refractivity contribution is -0.120. The first-order valence-electron chi connectivity index (χ1n) is 7.89. The number of hydrogen-bond acceptors (Lipinski definition) is 7. The molecule has 0 spiro atoms. The van der Waals surface area contributed by atoms with Crippen molar-refractivity contribution >= 4 is 39.1 Å². The van der Waals surface area contributed by atoms with Gasteiger partial charge in [-0.05, 0) is 25.5 Å². The van der Waals surface area contributed by atoms with E-state index in [0.29, 0.717) is 28.0 Å². The maximum absolute atomic E-state index is 12.3. The Morgan fingerprint density at radius 3 is 2.81 bits per heavy atom. The Bertz CT molecular complexity index is 931. The van der Waals surface area contributed by atoms with Crippen LogP contribution in [0.4, 0.5) is 0 Å². The minimum atomic E-state index is -3.04. The molecule has 0 bridgehead atoms. The molecule has 1 aliphatic heterocycles. The van der Waals surface area contributed by atoms with E-state index < -0.39 is 15.1 Å². The fourth-order valence-electron chi connectivity index (χ4n) is 2.62. The lowest BCUT2D eigenvalue weighted by atomic mass is 10.2. The van der Waals surface area contributed by atoms with Gasteiger partial charge in [0.05, 0.1) is 21.8 Å². The van der Waals surface area contributed by atoms with E-state index in [9.17, 15) is 13.2 Å². The molecular formula is C15H18ClN5O3S2. The second kappa shape index (κ2) is 7.45. The van der Waals surface area contributed by atoms with E-state index >= 15 is 0 Å². The van der Waals surface area contributed by atoms with Crippen molar-refractivity contribution in [1.82, 2.24) is 20.2 Å². The molecule has 0 saturated carbocycles. The number of hydrogen-bond donors (Lipinski definition) is 2. The minimum Gasteiger partial charge on any atom is -0.351 e. The summed E-state index contributed by atoms with van der Waals surface area (Å²) in [7, 11) is -3.04. The molecular weight excluding hydrogens is 398 g/mol. The second-order valence-corrected chi connectivity index (χ2v) is 9.97. The van der Waals surface area contributed by atoms with Gasteiger partial charge in [-0.25, -0.2) is 13.1 Å². The van der Waals surface area contributed by atoms with Crippen LogP contribution in [-0.2, 0) is 14.6 Å². The molecule has 0 radical (unpaired) electrons. The van der Waals surface area contributed by atoms with E-state index in [4.69, 9.17) is 17.4 Å². The van der Waals surface area contributed by atoms with Crippen LogP contribution in [0.25, 0.3) is 11.4 Å². The zero-order chi connectivity index (χ0) is 18.9. The van der Waals surface area contributed by atoms with Crippen LogP contribution < -0.4 is 11.2 Å². The van der Waals surface area contributed by atoms with Crippen LogP contribution >= 0.6 is 23.4 Å². The largest absolute Gasteiger partial charge is 0.351 e. The van der Waals surface area contributed by atoms with Crippen LogP contribution in [0.2, 0.25) is 5.02 Å². The van der Waals surface area contributed by atoms with Gasteiger partial charge in [0.2, 0.25) is 11.1 Å². The molecule has 8 nitrogen and oxygen atoms in total. The third-order valence-corrected chi connectivity index (χ3v) is 7.16. The van der Waals surface area contributed by atoms with Gasteiger partial charge in [-0.15, -0.1) is 10.2 Å². The summed E-state index contributed by atoms with van der Waals surface area (Å²) in [6.07, 6.45) is 0.440. The number of benzene rings is 1. The molecule has 140 valence electrons. The van der Waals surface area contributed by atoms with Crippen molar-refractivity contribution in [3.63, 3.8) is 0 Å². The second-order valence-electron chi connectivity index (χ2n) is 6.02. The fraction of sp³-hybridized carbons (Fsp3) is 0.400. The number of sulfone groups is 1. The number of amides is 1. The lowest BCUT2D eigenvalue weighted by Crippen LogP contribution is -2.40. The van der Waals surface area contributed by atoms with E-state index in [2.05, 4.69) is 15.5 Å². The molecule has 1 amide bonds. The zero-order valence-corrected chi connectivity index (χ0v) is 16.3. The minimum absolute atomic E-state index is 0.0140. The van der Waals surface area contributed by atoms with Gasteiger partial charge in [0.25, 0.3) is 0 Å². The molecule has 3 rings (SSSR count). The van der Waals surface area contributed by atoms with E-state index in [-0.39, 0.29) is 23.5 Å². The van der Waals surface area contributed by atoms with Crippen LogP contribution in [0.15, 0.2) is 29.4 Å². The van der Waals surface area contributed by atoms with Crippen molar-refractivity contribution in [2.75, 3.05) is 17.3 Å². The Kier molecular flexibility index (Phi) is 5.44. The molecule has 1 aliphatic rings. The summed E-state index contributed by atoms with van der Waals surface area (Å²) in [6.45, 7) is 1.70. The number of thioether (sulfide) groups is 1. The summed E-state index contributed by atoms with van der Waals surface area (Å²) < 4.78 is 24.3. The summed E-state index contributed by atoms with van der Waals surface area (Å²) in [5.41, 5.74) is 0.643. The number of nitrogens with two attached hydrogens (primary N) is 1. The van der Waals surface area contributed by atoms with E-state index in [0.717, 1.165) is 11.8 Å². The average molecular weight is 416 g/mol. The SMILES string of the molecule is C[C@@H](Sc1nnc(-c2ccccc2Cl)n1N)C(=O)N[C@@H]1CCS(=O)(=O)C1. The van der Waals surface area contributed by atoms with Crippen LogP contribution in [0.1, 0.15) is 13.3 Å². The molecule has 11 heteroatoms. The van der Waals surface area contributed by atoms with Crippen molar-refractivity contribution < 1.29 is 13.2 Å². The molecule has 26 heavy (non-hydrogen) atoms. The third kappa shape index (κ3) is 4.13. The summed E-state index contributed by atoms with van der Waals surface area (Å²) in [6, 6.07) is 6.78. The number of carbonyl (C=O) groups is 1. The van der Waals surface area contributed by atoms with Gasteiger partial charge in [0, 0.05) is 11.6 Å². The molecule has 3 N–H and O–H groups in total. The maximum Gasteiger partial charge on any atom is 0.233 e. The first-order valence-corrected chi connectivity index (χ1v) is 11.0. The smallest absolute Gasteiger partial charge is 0.233 e. The van der Waals surface area contributed by atoms with Gasteiger partial charge in [0.15, 0.2) is 15.7 Å². The zero-order valence-electron chi connectivity index (χ0n) is 13.9. The quantitative estimate of drug-likeness (QED) is 0.554. The molecule has 1 fully saturated rings. The molecule has 2 aromatic rings. The lowest BCUT2D eigenvalue weighted by Gasteiger charge is -2.15. The van der Waals surface area contributed by atoms with Crippen LogP contribution in [0.3, 0.4) is 0 Å². The number of nitrogens with one attached hydrogen (secondary N) is 1.